The second kappa shape index (κ2) is 6.61. The van der Waals surface area contributed by atoms with Crippen molar-refractivity contribution in [1.29, 1.82) is 0 Å². The lowest BCUT2D eigenvalue weighted by Crippen LogP contribution is -2.46. The van der Waals surface area contributed by atoms with Crippen molar-refractivity contribution in [2.75, 3.05) is 0 Å². The summed E-state index contributed by atoms with van der Waals surface area (Å²) in [7, 11) is -3.25. The van der Waals surface area contributed by atoms with Crippen LogP contribution in [0.15, 0.2) is 84.0 Å². The van der Waals surface area contributed by atoms with Crippen molar-refractivity contribution >= 4 is 24.0 Å². The quantitative estimate of drug-likeness (QED) is 0.602. The zero-order chi connectivity index (χ0) is 18.1. The molecule has 0 aliphatic heterocycles. The van der Waals surface area contributed by atoms with E-state index in [0.717, 1.165) is 28.0 Å². The van der Waals surface area contributed by atoms with Crippen molar-refractivity contribution in [3.05, 3.63) is 84.0 Å². The zero-order valence-electron chi connectivity index (χ0n) is 14.8. The van der Waals surface area contributed by atoms with Crippen molar-refractivity contribution in [3.63, 3.8) is 0 Å². The van der Waals surface area contributed by atoms with Gasteiger partial charge in [0.2, 0.25) is 0 Å². The molecule has 0 saturated heterocycles. The van der Waals surface area contributed by atoms with Crippen LogP contribution in [-0.4, -0.2) is 11.4 Å². The maximum absolute atomic E-state index is 14.8. The molecule has 0 amide bonds. The molecule has 2 aromatic rings. The second-order valence-electron chi connectivity index (χ2n) is 6.75. The normalized spacial score (nSPS) is 23.6. The van der Waals surface area contributed by atoms with Crippen LogP contribution >= 0.6 is 7.14 Å². The van der Waals surface area contributed by atoms with Gasteiger partial charge in [0.05, 0.1) is 0 Å². The van der Waals surface area contributed by atoms with Gasteiger partial charge in [-0.15, -0.1) is 0 Å². The summed E-state index contributed by atoms with van der Waals surface area (Å²) in [5.41, 5.74) is 1.97. The molecule has 0 radical (unpaired) electrons. The molecule has 0 saturated carbocycles. The molecule has 0 spiro atoms. The fraction of sp³-hybridized carbons (Fsp3) is 0.227. The Morgan fingerprint density at radius 1 is 0.920 bits per heavy atom. The zero-order valence-corrected chi connectivity index (χ0v) is 15.7. The number of allylic oxidation sites excluding steroid dienone is 4. The van der Waals surface area contributed by atoms with E-state index in [-0.39, 0.29) is 5.92 Å². The molecule has 0 fully saturated rings. The molecular weight excluding hydrogens is 327 g/mol. The first-order valence-corrected chi connectivity index (χ1v) is 10.2. The van der Waals surface area contributed by atoms with Gasteiger partial charge in [0.15, 0.2) is 7.14 Å². The molecule has 1 aliphatic carbocycles. The third kappa shape index (κ3) is 2.56. The van der Waals surface area contributed by atoms with Gasteiger partial charge < -0.3 is 9.36 Å². The summed E-state index contributed by atoms with van der Waals surface area (Å²) in [4.78, 5) is 12.6. The topological polar surface area (TPSA) is 34.1 Å². The summed E-state index contributed by atoms with van der Waals surface area (Å²) in [6, 6.07) is 18.9. The average Bonchev–Trinajstić information content (AvgIpc) is 2.63. The van der Waals surface area contributed by atoms with Gasteiger partial charge in [-0.2, -0.15) is 0 Å². The number of aldehydes is 1. The Labute approximate surface area is 149 Å². The standard InChI is InChI=1S/C22H23O2P/c1-17-14-18(2)22(16-23,19(3)15-17)25(24,20-10-6-4-7-11-20)21-12-8-5-9-13-21/h4-16,18H,1-3H3. The molecule has 128 valence electrons. The summed E-state index contributed by atoms with van der Waals surface area (Å²) < 4.78 is 14.8. The van der Waals surface area contributed by atoms with Crippen LogP contribution in [0.3, 0.4) is 0 Å². The Balaban J connectivity index is 2.38. The van der Waals surface area contributed by atoms with Crippen LogP contribution in [0.25, 0.3) is 0 Å². The molecule has 3 heteroatoms. The monoisotopic (exact) mass is 350 g/mol. The molecule has 25 heavy (non-hydrogen) atoms. The van der Waals surface area contributed by atoms with Gasteiger partial charge in [0.1, 0.15) is 11.4 Å². The average molecular weight is 350 g/mol. The van der Waals surface area contributed by atoms with Gasteiger partial charge in [0, 0.05) is 10.6 Å². The summed E-state index contributed by atoms with van der Waals surface area (Å²) in [5.74, 6) is -0.152. The van der Waals surface area contributed by atoms with E-state index >= 15 is 0 Å². The maximum Gasteiger partial charge on any atom is 0.160 e. The molecule has 2 aromatic carbocycles. The van der Waals surface area contributed by atoms with E-state index in [1.54, 1.807) is 0 Å². The van der Waals surface area contributed by atoms with E-state index in [9.17, 15) is 9.36 Å². The van der Waals surface area contributed by atoms with Gasteiger partial charge in [-0.3, -0.25) is 0 Å². The second-order valence-corrected chi connectivity index (χ2v) is 9.74. The van der Waals surface area contributed by atoms with E-state index in [2.05, 4.69) is 6.08 Å². The van der Waals surface area contributed by atoms with Gasteiger partial charge in [0.25, 0.3) is 0 Å². The molecule has 3 rings (SSSR count). The Bertz CT molecular complexity index is 837. The van der Waals surface area contributed by atoms with Crippen molar-refractivity contribution in [2.45, 2.75) is 25.9 Å². The van der Waals surface area contributed by atoms with Gasteiger partial charge in [-0.1, -0.05) is 90.9 Å². The summed E-state index contributed by atoms with van der Waals surface area (Å²) in [6.45, 7) is 5.94. The third-order valence-electron chi connectivity index (χ3n) is 5.22. The fourth-order valence-electron chi connectivity index (χ4n) is 4.05. The van der Waals surface area contributed by atoms with E-state index in [4.69, 9.17) is 0 Å². The highest BCUT2D eigenvalue weighted by Gasteiger charge is 2.55. The Hall–Kier alpha value is -2.18. The Kier molecular flexibility index (Phi) is 4.67. The van der Waals surface area contributed by atoms with E-state index in [1.807, 2.05) is 87.5 Å². The molecule has 0 bridgehead atoms. The minimum absolute atomic E-state index is 0.152. The van der Waals surface area contributed by atoms with Gasteiger partial charge >= 0.3 is 0 Å². The van der Waals surface area contributed by atoms with E-state index < -0.39 is 12.3 Å². The predicted octanol–water partition coefficient (Wildman–Crippen LogP) is 4.48. The highest BCUT2D eigenvalue weighted by molar-refractivity contribution is 7.81. The number of rotatable bonds is 4. The number of carbonyl (C=O) groups excluding carboxylic acids is 1. The molecule has 2 nitrogen and oxygen atoms in total. The van der Waals surface area contributed by atoms with Crippen LogP contribution < -0.4 is 10.6 Å². The van der Waals surface area contributed by atoms with Crippen LogP contribution in [0.1, 0.15) is 20.8 Å². The molecule has 0 aromatic heterocycles. The van der Waals surface area contributed by atoms with Crippen LogP contribution in [0.5, 0.6) is 0 Å². The molecule has 1 aliphatic rings. The van der Waals surface area contributed by atoms with Crippen LogP contribution in [0.2, 0.25) is 0 Å². The lowest BCUT2D eigenvalue weighted by molar-refractivity contribution is -0.109. The molecule has 2 atom stereocenters. The first-order valence-electron chi connectivity index (χ1n) is 8.51. The summed E-state index contributed by atoms with van der Waals surface area (Å²) in [5, 5.41) is 0.386. The minimum atomic E-state index is -3.25. The van der Waals surface area contributed by atoms with E-state index in [0.29, 0.717) is 0 Å². The third-order valence-corrected chi connectivity index (χ3v) is 9.18. The van der Waals surface area contributed by atoms with Gasteiger partial charge in [-0.05, 0) is 19.8 Å². The largest absolute Gasteiger partial charge is 0.312 e. The van der Waals surface area contributed by atoms with Crippen molar-refractivity contribution in [3.8, 4) is 0 Å². The minimum Gasteiger partial charge on any atom is -0.312 e. The number of hydrogen-bond acceptors (Lipinski definition) is 2. The van der Waals surface area contributed by atoms with Crippen molar-refractivity contribution in [2.24, 2.45) is 5.92 Å². The number of hydrogen-bond donors (Lipinski definition) is 0. The van der Waals surface area contributed by atoms with E-state index in [1.165, 1.54) is 0 Å². The fourth-order valence-corrected chi connectivity index (χ4v) is 7.74. The summed E-state index contributed by atoms with van der Waals surface area (Å²) >= 11 is 0. The molecular formula is C22H23O2P. The first kappa shape index (κ1) is 17.6. The maximum atomic E-state index is 14.8. The van der Waals surface area contributed by atoms with Gasteiger partial charge in [-0.25, -0.2) is 0 Å². The van der Waals surface area contributed by atoms with Crippen LogP contribution in [-0.2, 0) is 9.36 Å². The Morgan fingerprint density at radius 3 is 1.80 bits per heavy atom. The molecule has 0 heterocycles. The van der Waals surface area contributed by atoms with Crippen molar-refractivity contribution in [1.82, 2.24) is 0 Å². The number of benzene rings is 2. The first-order chi connectivity index (χ1) is 12.0. The molecule has 2 unspecified atom stereocenters. The van der Waals surface area contributed by atoms with Crippen LogP contribution in [0.4, 0.5) is 0 Å². The smallest absolute Gasteiger partial charge is 0.160 e. The number of carbonyl (C=O) groups is 1. The SMILES string of the molecule is CC1=CC(C)C(C=O)(P(=O)(c2ccccc2)c2ccccc2)C(C)=C1. The lowest BCUT2D eigenvalue weighted by Gasteiger charge is -2.43. The predicted molar refractivity (Wildman–Crippen MR) is 105 cm³/mol. The van der Waals surface area contributed by atoms with Crippen LogP contribution in [0, 0.1) is 5.92 Å². The lowest BCUT2D eigenvalue weighted by atomic mass is 9.82. The highest BCUT2D eigenvalue weighted by Crippen LogP contribution is 2.62. The Morgan fingerprint density at radius 2 is 1.40 bits per heavy atom. The van der Waals surface area contributed by atoms with Crippen molar-refractivity contribution < 1.29 is 9.36 Å². The molecule has 0 N–H and O–H groups in total. The summed E-state index contributed by atoms with van der Waals surface area (Å²) in [6.07, 6.45) is 4.97. The highest BCUT2D eigenvalue weighted by atomic mass is 31.2.